The standard InChI is InChI=1S/C16H21ClO3/c1-10(2)13-9-14(17)12(4)8-15(13)20-7-6-11(3)16(18)19-5/h6,8-10H,7H2,1-5H3. The number of halogens is 1. The van der Waals surface area contributed by atoms with Gasteiger partial charge in [-0.15, -0.1) is 0 Å². The maximum atomic E-state index is 11.3. The van der Waals surface area contributed by atoms with Crippen molar-refractivity contribution in [2.75, 3.05) is 13.7 Å². The smallest absolute Gasteiger partial charge is 0.333 e. The molecule has 0 aliphatic rings. The predicted molar refractivity (Wildman–Crippen MR) is 81.5 cm³/mol. The van der Waals surface area contributed by atoms with Crippen molar-refractivity contribution in [3.8, 4) is 5.75 Å². The van der Waals surface area contributed by atoms with Crippen molar-refractivity contribution < 1.29 is 14.3 Å². The summed E-state index contributed by atoms with van der Waals surface area (Å²) in [5.74, 6) is 0.773. The molecule has 0 aromatic heterocycles. The number of rotatable bonds is 5. The summed E-state index contributed by atoms with van der Waals surface area (Å²) >= 11 is 6.15. The van der Waals surface area contributed by atoms with Crippen LogP contribution in [0.2, 0.25) is 5.02 Å². The molecule has 0 fully saturated rings. The van der Waals surface area contributed by atoms with Crippen LogP contribution in [0, 0.1) is 6.92 Å². The van der Waals surface area contributed by atoms with Gasteiger partial charge in [0, 0.05) is 10.6 Å². The van der Waals surface area contributed by atoms with Gasteiger partial charge in [-0.1, -0.05) is 25.4 Å². The van der Waals surface area contributed by atoms with Gasteiger partial charge < -0.3 is 9.47 Å². The van der Waals surface area contributed by atoms with Crippen LogP contribution in [0.5, 0.6) is 5.75 Å². The van der Waals surface area contributed by atoms with Gasteiger partial charge in [-0.25, -0.2) is 4.79 Å². The Hall–Kier alpha value is -1.48. The summed E-state index contributed by atoms with van der Waals surface area (Å²) in [6, 6.07) is 3.87. The Morgan fingerprint density at radius 1 is 1.40 bits per heavy atom. The molecule has 0 atom stereocenters. The Kier molecular flexibility index (Phi) is 6.08. The highest BCUT2D eigenvalue weighted by atomic mass is 35.5. The number of methoxy groups -OCH3 is 1. The second-order valence-electron chi connectivity index (χ2n) is 4.98. The minimum absolute atomic E-state index is 0.314. The van der Waals surface area contributed by atoms with Gasteiger partial charge in [0.15, 0.2) is 0 Å². The third-order valence-electron chi connectivity index (χ3n) is 3.05. The summed E-state index contributed by atoms with van der Waals surface area (Å²) in [7, 11) is 1.36. The molecule has 0 N–H and O–H groups in total. The van der Waals surface area contributed by atoms with E-state index in [0.29, 0.717) is 18.1 Å². The quantitative estimate of drug-likeness (QED) is 0.601. The normalized spacial score (nSPS) is 11.7. The average Bonchev–Trinajstić information content (AvgIpc) is 2.40. The van der Waals surface area contributed by atoms with E-state index in [-0.39, 0.29) is 5.97 Å². The molecule has 1 aromatic rings. The molecule has 4 heteroatoms. The Balaban J connectivity index is 2.87. The summed E-state index contributed by atoms with van der Waals surface area (Å²) < 4.78 is 10.4. The maximum absolute atomic E-state index is 11.3. The molecular formula is C16H21ClO3. The number of carbonyl (C=O) groups is 1. The van der Waals surface area contributed by atoms with Crippen LogP contribution in [0.1, 0.15) is 37.8 Å². The van der Waals surface area contributed by atoms with E-state index in [1.54, 1.807) is 13.0 Å². The van der Waals surface area contributed by atoms with Crippen LogP contribution in [0.3, 0.4) is 0 Å². The SMILES string of the molecule is COC(=O)C(C)=CCOc1cc(C)c(Cl)cc1C(C)C. The molecule has 0 bridgehead atoms. The van der Waals surface area contributed by atoms with Gasteiger partial charge in [-0.2, -0.15) is 0 Å². The zero-order valence-corrected chi connectivity index (χ0v) is 13.4. The van der Waals surface area contributed by atoms with Crippen molar-refractivity contribution >= 4 is 17.6 Å². The number of carbonyl (C=O) groups excluding carboxylic acids is 1. The van der Waals surface area contributed by atoms with E-state index in [9.17, 15) is 4.79 Å². The van der Waals surface area contributed by atoms with Gasteiger partial charge in [0.2, 0.25) is 0 Å². The first-order valence-electron chi connectivity index (χ1n) is 6.54. The van der Waals surface area contributed by atoms with E-state index in [1.807, 2.05) is 19.1 Å². The molecule has 3 nitrogen and oxygen atoms in total. The molecule has 1 rings (SSSR count). The molecule has 0 saturated heterocycles. The van der Waals surface area contributed by atoms with E-state index in [1.165, 1.54) is 7.11 Å². The molecular weight excluding hydrogens is 276 g/mol. The summed E-state index contributed by atoms with van der Waals surface area (Å²) in [4.78, 5) is 11.3. The lowest BCUT2D eigenvalue weighted by atomic mass is 10.0. The highest BCUT2D eigenvalue weighted by Crippen LogP contribution is 2.32. The van der Waals surface area contributed by atoms with Crippen molar-refractivity contribution in [3.05, 3.63) is 39.9 Å². The number of hydrogen-bond donors (Lipinski definition) is 0. The number of ether oxygens (including phenoxy) is 2. The van der Waals surface area contributed by atoms with Gasteiger partial charge in [-0.3, -0.25) is 0 Å². The fourth-order valence-electron chi connectivity index (χ4n) is 1.75. The van der Waals surface area contributed by atoms with E-state index in [2.05, 4.69) is 18.6 Å². The van der Waals surface area contributed by atoms with E-state index < -0.39 is 0 Å². The maximum Gasteiger partial charge on any atom is 0.333 e. The molecule has 0 aliphatic heterocycles. The van der Waals surface area contributed by atoms with Gasteiger partial charge in [-0.05, 0) is 49.1 Å². The molecule has 20 heavy (non-hydrogen) atoms. The molecule has 0 aliphatic carbocycles. The molecule has 0 saturated carbocycles. The predicted octanol–water partition coefficient (Wildman–Crippen LogP) is 4.27. The average molecular weight is 297 g/mol. The monoisotopic (exact) mass is 296 g/mol. The highest BCUT2D eigenvalue weighted by molar-refractivity contribution is 6.31. The third kappa shape index (κ3) is 4.27. The van der Waals surface area contributed by atoms with Crippen LogP contribution in [0.15, 0.2) is 23.8 Å². The fraction of sp³-hybridized carbons (Fsp3) is 0.438. The number of esters is 1. The molecule has 0 amide bonds. The van der Waals surface area contributed by atoms with E-state index in [4.69, 9.17) is 16.3 Å². The second-order valence-corrected chi connectivity index (χ2v) is 5.39. The minimum atomic E-state index is -0.343. The van der Waals surface area contributed by atoms with Crippen LogP contribution < -0.4 is 4.74 Å². The molecule has 0 unspecified atom stereocenters. The number of benzene rings is 1. The summed E-state index contributed by atoms with van der Waals surface area (Å²) in [6.07, 6.45) is 1.71. The van der Waals surface area contributed by atoms with Crippen molar-refractivity contribution in [1.29, 1.82) is 0 Å². The Bertz CT molecular complexity index is 519. The first-order chi connectivity index (χ1) is 9.36. The van der Waals surface area contributed by atoms with Gasteiger partial charge >= 0.3 is 5.97 Å². The zero-order valence-electron chi connectivity index (χ0n) is 12.6. The molecule has 0 radical (unpaired) electrons. The highest BCUT2D eigenvalue weighted by Gasteiger charge is 2.11. The fourth-order valence-corrected chi connectivity index (χ4v) is 1.92. The van der Waals surface area contributed by atoms with E-state index >= 15 is 0 Å². The number of hydrogen-bond acceptors (Lipinski definition) is 3. The second kappa shape index (κ2) is 7.34. The zero-order chi connectivity index (χ0) is 15.3. The Morgan fingerprint density at radius 3 is 2.60 bits per heavy atom. The van der Waals surface area contributed by atoms with Crippen molar-refractivity contribution in [2.45, 2.75) is 33.6 Å². The van der Waals surface area contributed by atoms with Crippen LogP contribution in [-0.4, -0.2) is 19.7 Å². The molecule has 0 spiro atoms. The van der Waals surface area contributed by atoms with Crippen LogP contribution >= 0.6 is 11.6 Å². The van der Waals surface area contributed by atoms with Gasteiger partial charge in [0.05, 0.1) is 7.11 Å². The van der Waals surface area contributed by atoms with Crippen molar-refractivity contribution in [2.24, 2.45) is 0 Å². The third-order valence-corrected chi connectivity index (χ3v) is 3.46. The Morgan fingerprint density at radius 2 is 2.05 bits per heavy atom. The van der Waals surface area contributed by atoms with Crippen LogP contribution in [-0.2, 0) is 9.53 Å². The van der Waals surface area contributed by atoms with Crippen molar-refractivity contribution in [3.63, 3.8) is 0 Å². The lowest BCUT2D eigenvalue weighted by molar-refractivity contribution is -0.136. The summed E-state index contributed by atoms with van der Waals surface area (Å²) in [6.45, 7) is 8.13. The van der Waals surface area contributed by atoms with Gasteiger partial charge in [0.1, 0.15) is 12.4 Å². The summed E-state index contributed by atoms with van der Waals surface area (Å²) in [5, 5.41) is 0.738. The molecule has 110 valence electrons. The number of aryl methyl sites for hydroxylation is 1. The van der Waals surface area contributed by atoms with Gasteiger partial charge in [0.25, 0.3) is 0 Å². The lowest BCUT2D eigenvalue weighted by Gasteiger charge is -2.15. The lowest BCUT2D eigenvalue weighted by Crippen LogP contribution is -2.05. The largest absolute Gasteiger partial charge is 0.489 e. The van der Waals surface area contributed by atoms with E-state index in [0.717, 1.165) is 21.9 Å². The molecule has 1 aromatic carbocycles. The topological polar surface area (TPSA) is 35.5 Å². The summed E-state index contributed by atoms with van der Waals surface area (Å²) in [5.41, 5.74) is 2.56. The van der Waals surface area contributed by atoms with Crippen LogP contribution in [0.4, 0.5) is 0 Å². The molecule has 0 heterocycles. The first-order valence-corrected chi connectivity index (χ1v) is 6.92. The minimum Gasteiger partial charge on any atom is -0.489 e. The van der Waals surface area contributed by atoms with Crippen molar-refractivity contribution in [1.82, 2.24) is 0 Å². The van der Waals surface area contributed by atoms with Crippen LogP contribution in [0.25, 0.3) is 0 Å². The first kappa shape index (κ1) is 16.6. The Labute approximate surface area is 125 Å².